The van der Waals surface area contributed by atoms with Gasteiger partial charge < -0.3 is 10.6 Å². The SMILES string of the molecule is c1cnc2c(n1)CN1Cc3nccnc3NC1N2. The highest BCUT2D eigenvalue weighted by Gasteiger charge is 2.32. The zero-order chi connectivity index (χ0) is 11.9. The molecule has 2 aliphatic rings. The lowest BCUT2D eigenvalue weighted by Gasteiger charge is -2.40. The second-order valence-corrected chi connectivity index (χ2v) is 4.30. The summed E-state index contributed by atoms with van der Waals surface area (Å²) in [4.78, 5) is 19.5. The van der Waals surface area contributed by atoms with E-state index in [0.717, 1.165) is 36.1 Å². The van der Waals surface area contributed by atoms with E-state index in [9.17, 15) is 0 Å². The molecule has 0 fully saturated rings. The van der Waals surface area contributed by atoms with Crippen molar-refractivity contribution in [3.05, 3.63) is 36.2 Å². The van der Waals surface area contributed by atoms with Gasteiger partial charge in [0.1, 0.15) is 0 Å². The van der Waals surface area contributed by atoms with E-state index >= 15 is 0 Å². The molecule has 0 unspecified atom stereocenters. The number of hydrogen-bond acceptors (Lipinski definition) is 7. The van der Waals surface area contributed by atoms with Gasteiger partial charge in [-0.15, -0.1) is 0 Å². The van der Waals surface area contributed by atoms with Gasteiger partial charge in [0.2, 0.25) is 0 Å². The molecule has 0 saturated heterocycles. The first kappa shape index (κ1) is 9.72. The van der Waals surface area contributed by atoms with Crippen molar-refractivity contribution in [3.8, 4) is 0 Å². The van der Waals surface area contributed by atoms with E-state index in [1.807, 2.05) is 0 Å². The highest BCUT2D eigenvalue weighted by atomic mass is 15.4. The molecule has 0 aliphatic carbocycles. The van der Waals surface area contributed by atoms with Crippen molar-refractivity contribution >= 4 is 11.6 Å². The normalized spacial score (nSPS) is 18.0. The third-order valence-corrected chi connectivity index (χ3v) is 3.17. The lowest BCUT2D eigenvalue weighted by Crippen LogP contribution is -2.52. The van der Waals surface area contributed by atoms with Gasteiger partial charge in [-0.25, -0.2) is 9.97 Å². The zero-order valence-corrected chi connectivity index (χ0v) is 9.54. The summed E-state index contributed by atoms with van der Waals surface area (Å²) in [7, 11) is 0. The summed E-state index contributed by atoms with van der Waals surface area (Å²) in [5.41, 5.74) is 1.92. The Morgan fingerprint density at radius 3 is 1.89 bits per heavy atom. The van der Waals surface area contributed by atoms with Crippen LogP contribution in [0.5, 0.6) is 0 Å². The fourth-order valence-corrected chi connectivity index (χ4v) is 2.31. The van der Waals surface area contributed by atoms with Gasteiger partial charge >= 0.3 is 0 Å². The Morgan fingerprint density at radius 1 is 0.833 bits per heavy atom. The topological polar surface area (TPSA) is 78.9 Å². The first-order chi connectivity index (χ1) is 8.90. The molecule has 2 aliphatic heterocycles. The van der Waals surface area contributed by atoms with Gasteiger partial charge in [-0.2, -0.15) is 0 Å². The molecule has 2 N–H and O–H groups in total. The Morgan fingerprint density at radius 2 is 1.33 bits per heavy atom. The van der Waals surface area contributed by atoms with Crippen LogP contribution in [0.1, 0.15) is 11.4 Å². The highest BCUT2D eigenvalue weighted by Crippen LogP contribution is 2.27. The van der Waals surface area contributed by atoms with Crippen LogP contribution in [0.15, 0.2) is 24.8 Å². The fourth-order valence-electron chi connectivity index (χ4n) is 2.31. The molecule has 18 heavy (non-hydrogen) atoms. The van der Waals surface area contributed by atoms with Crippen LogP contribution in [0, 0.1) is 0 Å². The summed E-state index contributed by atoms with van der Waals surface area (Å²) in [5.74, 6) is 1.66. The minimum absolute atomic E-state index is 0.00148. The van der Waals surface area contributed by atoms with Gasteiger partial charge in [-0.05, 0) is 0 Å². The summed E-state index contributed by atoms with van der Waals surface area (Å²) < 4.78 is 0. The number of fused-ring (bicyclic) bond motifs is 3. The van der Waals surface area contributed by atoms with E-state index in [-0.39, 0.29) is 6.29 Å². The van der Waals surface area contributed by atoms with Crippen LogP contribution in [-0.4, -0.2) is 31.1 Å². The van der Waals surface area contributed by atoms with Gasteiger partial charge in [-0.1, -0.05) is 0 Å². The first-order valence-electron chi connectivity index (χ1n) is 5.77. The molecule has 7 heteroatoms. The minimum atomic E-state index is -0.00148. The predicted molar refractivity (Wildman–Crippen MR) is 64.3 cm³/mol. The number of nitrogens with zero attached hydrogens (tertiary/aromatic N) is 5. The number of rotatable bonds is 0. The molecule has 7 nitrogen and oxygen atoms in total. The Labute approximate surface area is 103 Å². The third kappa shape index (κ3) is 1.41. The van der Waals surface area contributed by atoms with E-state index in [1.165, 1.54) is 0 Å². The van der Waals surface area contributed by atoms with Crippen molar-refractivity contribution in [2.75, 3.05) is 10.6 Å². The number of nitrogens with one attached hydrogen (secondary N) is 2. The summed E-state index contributed by atoms with van der Waals surface area (Å²) in [6.45, 7) is 1.51. The van der Waals surface area contributed by atoms with Crippen molar-refractivity contribution in [2.45, 2.75) is 19.4 Å². The van der Waals surface area contributed by atoms with Gasteiger partial charge in [0.05, 0.1) is 11.4 Å². The second-order valence-electron chi connectivity index (χ2n) is 4.30. The standard InChI is InChI=1S/C11H11N7/c1-3-14-9-7(12-1)5-18-6-8-10(15-4-2-13-8)17-11(18)16-9/h1-4,11H,5-6H2,(H,14,16)(H,15,17). The van der Waals surface area contributed by atoms with Crippen molar-refractivity contribution in [1.82, 2.24) is 24.8 Å². The van der Waals surface area contributed by atoms with Crippen LogP contribution in [0.2, 0.25) is 0 Å². The molecule has 0 aromatic carbocycles. The first-order valence-corrected chi connectivity index (χ1v) is 5.77. The smallest absolute Gasteiger partial charge is 0.158 e. The molecular formula is C11H11N7. The Bertz CT molecular complexity index is 496. The van der Waals surface area contributed by atoms with E-state index in [4.69, 9.17) is 0 Å². The second kappa shape index (κ2) is 3.61. The molecule has 0 amide bonds. The molecule has 90 valence electrons. The third-order valence-electron chi connectivity index (χ3n) is 3.17. The molecule has 0 saturated carbocycles. The molecule has 2 aromatic heterocycles. The predicted octanol–water partition coefficient (Wildman–Crippen LogP) is 0.403. The number of hydrogen-bond donors (Lipinski definition) is 2. The molecule has 4 rings (SSSR count). The number of aromatic nitrogens is 4. The molecule has 0 spiro atoms. The molecule has 0 radical (unpaired) electrons. The fraction of sp³-hybridized carbons (Fsp3) is 0.273. The molecular weight excluding hydrogens is 230 g/mol. The average molecular weight is 241 g/mol. The Hall–Kier alpha value is -2.28. The molecule has 0 atom stereocenters. The van der Waals surface area contributed by atoms with Crippen LogP contribution in [0.4, 0.5) is 11.6 Å². The van der Waals surface area contributed by atoms with Crippen LogP contribution < -0.4 is 10.6 Å². The largest absolute Gasteiger partial charge is 0.336 e. The van der Waals surface area contributed by atoms with Crippen molar-refractivity contribution in [1.29, 1.82) is 0 Å². The Kier molecular flexibility index (Phi) is 1.95. The van der Waals surface area contributed by atoms with Crippen LogP contribution >= 0.6 is 0 Å². The maximum Gasteiger partial charge on any atom is 0.158 e. The van der Waals surface area contributed by atoms with E-state index in [0.29, 0.717) is 0 Å². The van der Waals surface area contributed by atoms with Gasteiger partial charge in [0, 0.05) is 37.9 Å². The van der Waals surface area contributed by atoms with E-state index in [1.54, 1.807) is 24.8 Å². The summed E-state index contributed by atoms with van der Waals surface area (Å²) in [5, 5.41) is 6.63. The molecule has 4 heterocycles. The maximum atomic E-state index is 4.34. The van der Waals surface area contributed by atoms with Crippen LogP contribution in [0.25, 0.3) is 0 Å². The minimum Gasteiger partial charge on any atom is -0.336 e. The summed E-state index contributed by atoms with van der Waals surface area (Å²) >= 11 is 0. The quantitative estimate of drug-likeness (QED) is 0.691. The van der Waals surface area contributed by atoms with Crippen molar-refractivity contribution in [3.63, 3.8) is 0 Å². The van der Waals surface area contributed by atoms with Crippen LogP contribution in [0.3, 0.4) is 0 Å². The monoisotopic (exact) mass is 241 g/mol. The van der Waals surface area contributed by atoms with Crippen molar-refractivity contribution in [2.24, 2.45) is 0 Å². The van der Waals surface area contributed by atoms with Crippen molar-refractivity contribution < 1.29 is 0 Å². The van der Waals surface area contributed by atoms with E-state index in [2.05, 4.69) is 35.5 Å². The van der Waals surface area contributed by atoms with Gasteiger partial charge in [0.25, 0.3) is 0 Å². The maximum absolute atomic E-state index is 4.34. The summed E-state index contributed by atoms with van der Waals surface area (Å²) in [6.07, 6.45) is 6.81. The van der Waals surface area contributed by atoms with Gasteiger partial charge in [-0.3, -0.25) is 14.9 Å². The van der Waals surface area contributed by atoms with E-state index < -0.39 is 0 Å². The average Bonchev–Trinajstić information content (AvgIpc) is 2.42. The lowest BCUT2D eigenvalue weighted by atomic mass is 10.2. The summed E-state index contributed by atoms with van der Waals surface area (Å²) in [6, 6.07) is 0. The molecule has 2 aromatic rings. The Balaban J connectivity index is 1.70. The molecule has 0 bridgehead atoms. The van der Waals surface area contributed by atoms with Gasteiger partial charge in [0.15, 0.2) is 17.9 Å². The van der Waals surface area contributed by atoms with Crippen LogP contribution in [-0.2, 0) is 13.1 Å². The zero-order valence-electron chi connectivity index (χ0n) is 9.54. The highest BCUT2D eigenvalue weighted by molar-refractivity contribution is 5.50. The number of anilines is 2. The lowest BCUT2D eigenvalue weighted by molar-refractivity contribution is 0.190.